The topological polar surface area (TPSA) is 147 Å². The first-order chi connectivity index (χ1) is 16.4. The summed E-state index contributed by atoms with van der Waals surface area (Å²) in [6.45, 7) is 2.89. The average Bonchev–Trinajstić information content (AvgIpc) is 3.36. The van der Waals surface area contributed by atoms with Crippen molar-refractivity contribution in [3.63, 3.8) is 0 Å². The van der Waals surface area contributed by atoms with E-state index in [1.165, 1.54) is 16.7 Å². The Balaban J connectivity index is 1.75. The molecular formula is C24H24N6O4. The largest absolute Gasteiger partial charge is 0.467 e. The van der Waals surface area contributed by atoms with Gasteiger partial charge in [-0.25, -0.2) is 4.98 Å². The van der Waals surface area contributed by atoms with Crippen LogP contribution in [0.2, 0.25) is 0 Å². The normalized spacial score (nSPS) is 14.7. The minimum absolute atomic E-state index is 0.104. The number of amides is 2. The van der Waals surface area contributed by atoms with Crippen LogP contribution in [0, 0.1) is 24.2 Å². The maximum atomic E-state index is 13.5. The molecule has 4 rings (SSSR count). The van der Waals surface area contributed by atoms with Crippen LogP contribution < -0.4 is 21.5 Å². The monoisotopic (exact) mass is 460 g/mol. The number of nitriles is 1. The molecule has 0 aliphatic carbocycles. The summed E-state index contributed by atoms with van der Waals surface area (Å²) in [5, 5.41) is 12.3. The Hall–Kier alpha value is -4.39. The zero-order valence-corrected chi connectivity index (χ0v) is 18.7. The number of hydrogen-bond acceptors (Lipinski definition) is 7. The van der Waals surface area contributed by atoms with Crippen LogP contribution in [-0.2, 0) is 16.1 Å². The number of anilines is 1. The highest BCUT2D eigenvalue weighted by molar-refractivity contribution is 6.02. The summed E-state index contributed by atoms with van der Waals surface area (Å²) in [5.74, 6) is -0.311. The van der Waals surface area contributed by atoms with Crippen LogP contribution in [0.15, 0.2) is 51.5 Å². The molecule has 3 aromatic rings. The highest BCUT2D eigenvalue weighted by Crippen LogP contribution is 2.26. The van der Waals surface area contributed by atoms with E-state index in [9.17, 15) is 19.6 Å². The van der Waals surface area contributed by atoms with Crippen molar-refractivity contribution < 1.29 is 14.0 Å². The van der Waals surface area contributed by atoms with Crippen LogP contribution in [0.4, 0.5) is 5.82 Å². The molecule has 3 N–H and O–H groups in total. The third kappa shape index (κ3) is 4.54. The van der Waals surface area contributed by atoms with Gasteiger partial charge in [-0.2, -0.15) is 5.26 Å². The predicted molar refractivity (Wildman–Crippen MR) is 124 cm³/mol. The van der Waals surface area contributed by atoms with Gasteiger partial charge < -0.3 is 20.4 Å². The van der Waals surface area contributed by atoms with Crippen molar-refractivity contribution in [2.45, 2.75) is 26.3 Å². The first-order valence-electron chi connectivity index (χ1n) is 10.9. The van der Waals surface area contributed by atoms with Gasteiger partial charge in [-0.05, 0) is 49.6 Å². The number of pyridine rings is 1. The quantitative estimate of drug-likeness (QED) is 0.419. The van der Waals surface area contributed by atoms with Crippen LogP contribution in [0.25, 0.3) is 11.7 Å². The van der Waals surface area contributed by atoms with Crippen LogP contribution in [0.5, 0.6) is 0 Å². The lowest BCUT2D eigenvalue weighted by Crippen LogP contribution is -2.40. The van der Waals surface area contributed by atoms with E-state index in [2.05, 4.69) is 5.32 Å². The van der Waals surface area contributed by atoms with Crippen molar-refractivity contribution >= 4 is 29.4 Å². The van der Waals surface area contributed by atoms with Gasteiger partial charge >= 0.3 is 0 Å². The zero-order valence-electron chi connectivity index (χ0n) is 18.7. The fourth-order valence-corrected chi connectivity index (χ4v) is 4.01. The van der Waals surface area contributed by atoms with Gasteiger partial charge in [-0.3, -0.25) is 18.8 Å². The molecule has 10 nitrogen and oxygen atoms in total. The van der Waals surface area contributed by atoms with Gasteiger partial charge in [0.15, 0.2) is 0 Å². The Morgan fingerprint density at radius 2 is 2.09 bits per heavy atom. The molecule has 0 spiro atoms. The smallest absolute Gasteiger partial charge is 0.267 e. The number of hydrogen-bond donors (Lipinski definition) is 2. The lowest BCUT2D eigenvalue weighted by atomic mass is 9.96. The molecule has 1 fully saturated rings. The van der Waals surface area contributed by atoms with Crippen LogP contribution >= 0.6 is 0 Å². The molecule has 34 heavy (non-hydrogen) atoms. The van der Waals surface area contributed by atoms with Crippen molar-refractivity contribution in [2.24, 2.45) is 11.7 Å². The summed E-state index contributed by atoms with van der Waals surface area (Å²) in [6.07, 6.45) is 5.42. The lowest BCUT2D eigenvalue weighted by molar-refractivity contribution is -0.122. The molecule has 174 valence electrons. The summed E-state index contributed by atoms with van der Waals surface area (Å²) in [6, 6.07) is 8.86. The number of aryl methyl sites for hydroxylation is 1. The Labute approximate surface area is 195 Å². The number of nitrogens with one attached hydrogen (secondary N) is 1. The second-order valence-electron chi connectivity index (χ2n) is 8.13. The molecule has 2 amide bonds. The van der Waals surface area contributed by atoms with Crippen LogP contribution in [0.1, 0.15) is 29.7 Å². The van der Waals surface area contributed by atoms with E-state index in [-0.39, 0.29) is 29.5 Å². The number of piperidine rings is 1. The van der Waals surface area contributed by atoms with Gasteiger partial charge in [0.05, 0.1) is 18.4 Å². The van der Waals surface area contributed by atoms with Crippen molar-refractivity contribution in [2.75, 3.05) is 18.0 Å². The number of furan rings is 1. The first kappa shape index (κ1) is 22.8. The molecule has 10 heteroatoms. The van der Waals surface area contributed by atoms with Crippen LogP contribution in [0.3, 0.4) is 0 Å². The highest BCUT2D eigenvalue weighted by Gasteiger charge is 2.27. The van der Waals surface area contributed by atoms with Gasteiger partial charge in [-0.15, -0.1) is 0 Å². The number of rotatable bonds is 6. The molecule has 1 aliphatic rings. The number of fused-ring (bicyclic) bond motifs is 1. The maximum Gasteiger partial charge on any atom is 0.267 e. The fraction of sp³-hybridized carbons (Fsp3) is 0.292. The predicted octanol–water partition coefficient (Wildman–Crippen LogP) is 1.52. The first-order valence-corrected chi connectivity index (χ1v) is 10.9. The molecule has 1 saturated heterocycles. The van der Waals surface area contributed by atoms with Crippen LogP contribution in [-0.4, -0.2) is 34.3 Å². The number of nitrogens with two attached hydrogens (primary N) is 1. The Bertz CT molecular complexity index is 1360. The zero-order chi connectivity index (χ0) is 24.2. The molecule has 0 aromatic carbocycles. The van der Waals surface area contributed by atoms with E-state index in [0.717, 1.165) is 5.56 Å². The number of carbonyl (C=O) groups is 2. The third-order valence-corrected chi connectivity index (χ3v) is 5.92. The van der Waals surface area contributed by atoms with E-state index in [1.54, 1.807) is 24.4 Å². The highest BCUT2D eigenvalue weighted by atomic mass is 16.3. The van der Waals surface area contributed by atoms with Crippen molar-refractivity contribution in [3.8, 4) is 6.07 Å². The Morgan fingerprint density at radius 1 is 1.32 bits per heavy atom. The fourth-order valence-electron chi connectivity index (χ4n) is 4.01. The van der Waals surface area contributed by atoms with Crippen molar-refractivity contribution in [3.05, 3.63) is 69.5 Å². The molecule has 4 heterocycles. The molecular weight excluding hydrogens is 436 g/mol. The standard InChI is InChI=1S/C24H24N6O4/c1-15-4-2-8-30-21(15)28-22(29-9-6-16(7-10-29)20(26)31)19(24(30)33)12-17(13-25)23(32)27-14-18-5-3-11-34-18/h2-5,8,11-12,16H,6-7,9-10,14H2,1H3,(H2,26,31)(H,27,32)/b17-12+. The third-order valence-electron chi connectivity index (χ3n) is 5.92. The van der Waals surface area contributed by atoms with E-state index in [4.69, 9.17) is 15.1 Å². The molecule has 0 atom stereocenters. The molecule has 0 unspecified atom stereocenters. The van der Waals surface area contributed by atoms with Gasteiger partial charge in [0.1, 0.15) is 28.9 Å². The minimum Gasteiger partial charge on any atom is -0.467 e. The van der Waals surface area contributed by atoms with Crippen molar-refractivity contribution in [1.82, 2.24) is 14.7 Å². The summed E-state index contributed by atoms with van der Waals surface area (Å²) < 4.78 is 6.60. The van der Waals surface area contributed by atoms with E-state index >= 15 is 0 Å². The second kappa shape index (κ2) is 9.62. The average molecular weight is 460 g/mol. The number of nitrogens with zero attached hydrogens (tertiary/aromatic N) is 4. The second-order valence-corrected chi connectivity index (χ2v) is 8.13. The van der Waals surface area contributed by atoms with Gasteiger partial charge in [0, 0.05) is 25.2 Å². The molecule has 0 radical (unpaired) electrons. The molecule has 3 aromatic heterocycles. The minimum atomic E-state index is -0.633. The van der Waals surface area contributed by atoms with Gasteiger partial charge in [-0.1, -0.05) is 6.07 Å². The number of carbonyl (C=O) groups excluding carboxylic acids is 2. The summed E-state index contributed by atoms with van der Waals surface area (Å²) in [5.41, 5.74) is 6.25. The van der Waals surface area contributed by atoms with Gasteiger partial charge in [0.2, 0.25) is 5.91 Å². The van der Waals surface area contributed by atoms with Gasteiger partial charge in [0.25, 0.3) is 11.5 Å². The summed E-state index contributed by atoms with van der Waals surface area (Å²) in [4.78, 5) is 44.3. The molecule has 0 saturated carbocycles. The Morgan fingerprint density at radius 3 is 2.74 bits per heavy atom. The van der Waals surface area contributed by atoms with E-state index < -0.39 is 11.5 Å². The van der Waals surface area contributed by atoms with E-state index in [1.807, 2.05) is 24.0 Å². The number of aromatic nitrogens is 2. The Kier molecular flexibility index (Phi) is 6.45. The summed E-state index contributed by atoms with van der Waals surface area (Å²) in [7, 11) is 0. The number of primary amides is 1. The molecule has 0 bridgehead atoms. The SMILES string of the molecule is Cc1cccn2c(=O)c(/C=C(\C#N)C(=O)NCc3ccco3)c(N3CCC(C(N)=O)CC3)nc12. The summed E-state index contributed by atoms with van der Waals surface area (Å²) >= 11 is 0. The lowest BCUT2D eigenvalue weighted by Gasteiger charge is -2.32. The van der Waals surface area contributed by atoms with E-state index in [0.29, 0.717) is 43.2 Å². The maximum absolute atomic E-state index is 13.5. The molecule has 1 aliphatic heterocycles. The van der Waals surface area contributed by atoms with Crippen molar-refractivity contribution in [1.29, 1.82) is 5.26 Å².